The molecule has 0 aromatic heterocycles. The Kier molecular flexibility index (Phi) is 12.0. The second-order valence-corrected chi connectivity index (χ2v) is 3.88. The van der Waals surface area contributed by atoms with Gasteiger partial charge < -0.3 is 17.3 Å². The lowest BCUT2D eigenvalue weighted by atomic mass is 10.1. The van der Waals surface area contributed by atoms with Crippen LogP contribution in [0.1, 0.15) is 39.5 Å². The number of rotatable bonds is 5. The summed E-state index contributed by atoms with van der Waals surface area (Å²) in [6.07, 6.45) is 7.58. The lowest BCUT2D eigenvalue weighted by Crippen LogP contribution is -2.02. The van der Waals surface area contributed by atoms with Crippen LogP contribution in [0.15, 0.2) is 11.6 Å². The maximum Gasteiger partial charge on any atom is 0.673 e. The Balaban J connectivity index is 0. The van der Waals surface area contributed by atoms with Gasteiger partial charge >= 0.3 is 7.25 Å². The minimum Gasteiger partial charge on any atom is -0.418 e. The van der Waals surface area contributed by atoms with E-state index in [2.05, 4.69) is 32.6 Å². The topological polar surface area (TPSA) is 0 Å². The molecule has 0 aromatic rings. The monoisotopic (exact) mass is 246 g/mol. The van der Waals surface area contributed by atoms with Crippen molar-refractivity contribution in [3.8, 4) is 0 Å². The highest BCUT2D eigenvalue weighted by Gasteiger charge is 2.20. The largest absolute Gasteiger partial charge is 0.673 e. The van der Waals surface area contributed by atoms with Crippen molar-refractivity contribution in [3.05, 3.63) is 11.6 Å². The lowest BCUT2D eigenvalue weighted by Gasteiger charge is -1.94. The molecule has 0 spiro atoms. The zero-order chi connectivity index (χ0) is 12.3. The lowest BCUT2D eigenvalue weighted by molar-refractivity contribution is 0.368. The third kappa shape index (κ3) is 41.4. The third-order valence-corrected chi connectivity index (χ3v) is 1.79. The van der Waals surface area contributed by atoms with E-state index >= 15 is 0 Å². The second-order valence-electron chi connectivity index (χ2n) is 3.38. The predicted octanol–water partition coefficient (Wildman–Crippen LogP) is 3.82. The maximum atomic E-state index is 9.75. The summed E-state index contributed by atoms with van der Waals surface area (Å²) in [5.74, 6) is 1.15. The molecule has 0 N–H and O–H groups in total. The van der Waals surface area contributed by atoms with Crippen molar-refractivity contribution in [2.75, 3.05) is 5.75 Å². The van der Waals surface area contributed by atoms with E-state index < -0.39 is 7.25 Å². The van der Waals surface area contributed by atoms with E-state index in [0.717, 1.165) is 5.75 Å². The first-order valence-corrected chi connectivity index (χ1v) is 5.63. The molecule has 0 aromatic carbocycles. The summed E-state index contributed by atoms with van der Waals surface area (Å²) in [6.45, 7) is 4.31. The minimum absolute atomic E-state index is 1.15. The summed E-state index contributed by atoms with van der Waals surface area (Å²) in [5, 5.41) is 0. The summed E-state index contributed by atoms with van der Waals surface area (Å²) < 4.78 is 39.0. The molecule has 0 nitrogen and oxygen atoms in total. The van der Waals surface area contributed by atoms with Gasteiger partial charge in [0.25, 0.3) is 0 Å². The van der Waals surface area contributed by atoms with Crippen molar-refractivity contribution in [1.82, 2.24) is 0 Å². The number of hydrogen-bond donors (Lipinski definition) is 0. The van der Waals surface area contributed by atoms with E-state index in [9.17, 15) is 17.3 Å². The Morgan fingerprint density at radius 1 is 1.07 bits per heavy atom. The van der Waals surface area contributed by atoms with Crippen LogP contribution >= 0.6 is 0 Å². The van der Waals surface area contributed by atoms with Crippen LogP contribution in [0.3, 0.4) is 0 Å². The number of hydrogen-bond acceptors (Lipinski definition) is 0. The molecular formula is C9H19BF4S. The molecule has 0 saturated heterocycles. The molecule has 0 radical (unpaired) electrons. The second kappa shape index (κ2) is 10.4. The van der Waals surface area contributed by atoms with Crippen LogP contribution in [0.5, 0.6) is 0 Å². The van der Waals surface area contributed by atoms with Gasteiger partial charge in [0.15, 0.2) is 0 Å². The molecule has 0 aliphatic heterocycles. The van der Waals surface area contributed by atoms with Gasteiger partial charge in [-0.25, -0.2) is 0 Å². The average Bonchev–Trinajstić information content (AvgIpc) is 2.00. The standard InChI is InChI=1S/C9H18S.BF4/c1-9(2)7-5-3-4-6-8-10;2-1(3,4)5/h7,10H,3-6,8H2,1-2H3;/q;-1/p+1. The van der Waals surface area contributed by atoms with Gasteiger partial charge in [-0.3, -0.25) is 0 Å². The summed E-state index contributed by atoms with van der Waals surface area (Å²) >= 11 is 3.46. The third-order valence-electron chi connectivity index (χ3n) is 1.43. The van der Waals surface area contributed by atoms with Crippen molar-refractivity contribution in [1.29, 1.82) is 0 Å². The molecule has 92 valence electrons. The van der Waals surface area contributed by atoms with Crippen LogP contribution in [0, 0.1) is 0 Å². The molecular weight excluding hydrogens is 227 g/mol. The first kappa shape index (κ1) is 17.3. The zero-order valence-corrected chi connectivity index (χ0v) is 10.2. The quantitative estimate of drug-likeness (QED) is 0.227. The van der Waals surface area contributed by atoms with Crippen molar-refractivity contribution in [2.45, 2.75) is 39.5 Å². The van der Waals surface area contributed by atoms with Gasteiger partial charge in [-0.1, -0.05) is 11.6 Å². The maximum absolute atomic E-state index is 9.75. The molecule has 0 heterocycles. The van der Waals surface area contributed by atoms with Crippen LogP contribution < -0.4 is 0 Å². The fraction of sp³-hybridized carbons (Fsp3) is 0.778. The first-order valence-electron chi connectivity index (χ1n) is 4.92. The smallest absolute Gasteiger partial charge is 0.418 e. The van der Waals surface area contributed by atoms with Crippen molar-refractivity contribution in [2.24, 2.45) is 0 Å². The van der Waals surface area contributed by atoms with E-state index in [0.29, 0.717) is 0 Å². The molecule has 15 heavy (non-hydrogen) atoms. The highest BCUT2D eigenvalue weighted by molar-refractivity contribution is 7.58. The minimum atomic E-state index is -6.00. The van der Waals surface area contributed by atoms with Crippen LogP contribution in [0.4, 0.5) is 17.3 Å². The Bertz CT molecular complexity index is 158. The Hall–Kier alpha value is -0.125. The fourth-order valence-corrected chi connectivity index (χ4v) is 1.09. The molecule has 0 rings (SSSR count). The van der Waals surface area contributed by atoms with Crippen LogP contribution in [-0.2, 0) is 12.6 Å². The average molecular weight is 246 g/mol. The molecule has 0 fully saturated rings. The molecule has 0 bridgehead atoms. The fourth-order valence-electron chi connectivity index (χ4n) is 0.837. The number of allylic oxidation sites excluding steroid dienone is 2. The van der Waals surface area contributed by atoms with Gasteiger partial charge in [0.05, 0.1) is 0 Å². The SMILES string of the molecule is CC(C)=CCCCCC[SH2+].F[B-](F)(F)F. The summed E-state index contributed by atoms with van der Waals surface area (Å²) in [4.78, 5) is 0. The molecule has 0 saturated carbocycles. The summed E-state index contributed by atoms with van der Waals surface area (Å²) in [5.41, 5.74) is 1.44. The Morgan fingerprint density at radius 2 is 1.53 bits per heavy atom. The summed E-state index contributed by atoms with van der Waals surface area (Å²) in [6, 6.07) is 0. The van der Waals surface area contributed by atoms with Crippen molar-refractivity contribution >= 4 is 19.9 Å². The Morgan fingerprint density at radius 3 is 1.87 bits per heavy atom. The summed E-state index contributed by atoms with van der Waals surface area (Å²) in [7, 11) is -6.00. The predicted molar refractivity (Wildman–Crippen MR) is 63.1 cm³/mol. The highest BCUT2D eigenvalue weighted by atomic mass is 32.1. The normalized spacial score (nSPS) is 10.3. The molecule has 0 aliphatic carbocycles. The van der Waals surface area contributed by atoms with E-state index in [-0.39, 0.29) is 0 Å². The molecule has 0 unspecified atom stereocenters. The van der Waals surface area contributed by atoms with Gasteiger partial charge in [0.1, 0.15) is 5.75 Å². The van der Waals surface area contributed by atoms with Gasteiger partial charge in [-0.05, 0) is 52.2 Å². The van der Waals surface area contributed by atoms with E-state index in [1.54, 1.807) is 0 Å². The van der Waals surface area contributed by atoms with Crippen molar-refractivity contribution < 1.29 is 17.3 Å². The van der Waals surface area contributed by atoms with Gasteiger partial charge in [0.2, 0.25) is 0 Å². The Labute approximate surface area is 94.6 Å². The molecule has 0 atom stereocenters. The first-order chi connectivity index (χ1) is 6.77. The van der Waals surface area contributed by atoms with Gasteiger partial charge in [-0.15, -0.1) is 0 Å². The number of halogens is 4. The van der Waals surface area contributed by atoms with Crippen LogP contribution in [-0.4, -0.2) is 13.0 Å². The molecule has 0 amide bonds. The van der Waals surface area contributed by atoms with E-state index in [1.165, 1.54) is 31.3 Å². The molecule has 6 heteroatoms. The molecule has 0 aliphatic rings. The number of unbranched alkanes of at least 4 members (excludes halogenated alkanes) is 3. The van der Waals surface area contributed by atoms with E-state index in [1.807, 2.05) is 0 Å². The van der Waals surface area contributed by atoms with E-state index in [4.69, 9.17) is 0 Å². The van der Waals surface area contributed by atoms with Gasteiger partial charge in [0, 0.05) is 0 Å². The van der Waals surface area contributed by atoms with Crippen LogP contribution in [0.25, 0.3) is 0 Å². The van der Waals surface area contributed by atoms with Crippen molar-refractivity contribution in [3.63, 3.8) is 0 Å². The van der Waals surface area contributed by atoms with Crippen LogP contribution in [0.2, 0.25) is 0 Å². The zero-order valence-electron chi connectivity index (χ0n) is 9.20. The van der Waals surface area contributed by atoms with Gasteiger partial charge in [-0.2, -0.15) is 0 Å². The highest BCUT2D eigenvalue weighted by Crippen LogP contribution is 2.06.